The molecule has 0 aliphatic carbocycles. The molecule has 0 radical (unpaired) electrons. The van der Waals surface area contributed by atoms with Gasteiger partial charge in [0.05, 0.1) is 9.35 Å². The van der Waals surface area contributed by atoms with E-state index in [9.17, 15) is 4.79 Å². The van der Waals surface area contributed by atoms with Crippen molar-refractivity contribution in [2.45, 2.75) is 13.8 Å². The number of aryl methyl sites for hydroxylation is 2. The summed E-state index contributed by atoms with van der Waals surface area (Å²) in [6.45, 7) is 3.87. The van der Waals surface area contributed by atoms with Gasteiger partial charge in [-0.1, -0.05) is 0 Å². The fraction of sp³-hybridized carbons (Fsp3) is 0.154. The van der Waals surface area contributed by atoms with Crippen LogP contribution < -0.4 is 11.1 Å². The molecule has 18 heavy (non-hydrogen) atoms. The van der Waals surface area contributed by atoms with E-state index >= 15 is 0 Å². The molecule has 0 saturated heterocycles. The molecule has 2 rings (SSSR count). The van der Waals surface area contributed by atoms with Crippen LogP contribution in [0.2, 0.25) is 0 Å². The Morgan fingerprint density at radius 1 is 1.28 bits per heavy atom. The van der Waals surface area contributed by atoms with E-state index in [2.05, 4.69) is 21.2 Å². The Morgan fingerprint density at radius 3 is 2.39 bits per heavy atom. The Bertz CT molecular complexity index is 584. The lowest BCUT2D eigenvalue weighted by Gasteiger charge is -2.12. The second-order valence-corrected chi connectivity index (χ2v) is 6.41. The Hall–Kier alpha value is -1.33. The van der Waals surface area contributed by atoms with Gasteiger partial charge in [0.1, 0.15) is 0 Å². The molecule has 0 spiro atoms. The average molecular weight is 325 g/mol. The predicted octanol–water partition coefficient (Wildman–Crippen LogP) is 3.96. The van der Waals surface area contributed by atoms with Crippen molar-refractivity contribution < 1.29 is 4.79 Å². The van der Waals surface area contributed by atoms with Gasteiger partial charge in [0, 0.05) is 16.8 Å². The summed E-state index contributed by atoms with van der Waals surface area (Å²) in [4.78, 5) is 12.1. The molecule has 5 heteroatoms. The molecule has 2 aromatic rings. The highest BCUT2D eigenvalue weighted by molar-refractivity contribution is 9.11. The second-order valence-electron chi connectivity index (χ2n) is 4.12. The highest BCUT2D eigenvalue weighted by atomic mass is 79.9. The van der Waals surface area contributed by atoms with Crippen molar-refractivity contribution in [3.05, 3.63) is 44.1 Å². The largest absolute Gasteiger partial charge is 0.399 e. The molecular weight excluding hydrogens is 312 g/mol. The van der Waals surface area contributed by atoms with E-state index < -0.39 is 0 Å². The van der Waals surface area contributed by atoms with Crippen molar-refractivity contribution in [2.24, 2.45) is 0 Å². The number of halogens is 1. The van der Waals surface area contributed by atoms with Gasteiger partial charge in [-0.05, 0) is 59.1 Å². The van der Waals surface area contributed by atoms with Crippen molar-refractivity contribution in [1.29, 1.82) is 0 Å². The smallest absolute Gasteiger partial charge is 0.256 e. The Morgan fingerprint density at radius 2 is 1.89 bits per heavy atom. The van der Waals surface area contributed by atoms with Gasteiger partial charge in [-0.2, -0.15) is 0 Å². The zero-order valence-electron chi connectivity index (χ0n) is 10.1. The predicted molar refractivity (Wildman–Crippen MR) is 80.3 cm³/mol. The summed E-state index contributed by atoms with van der Waals surface area (Å²) in [6.07, 6.45) is 0. The molecule has 3 N–H and O–H groups in total. The van der Waals surface area contributed by atoms with E-state index in [1.54, 1.807) is 0 Å². The second kappa shape index (κ2) is 5.12. The summed E-state index contributed by atoms with van der Waals surface area (Å²) in [5.41, 5.74) is 9.89. The summed E-state index contributed by atoms with van der Waals surface area (Å²) in [5.74, 6) is -0.104. The number of amides is 1. The number of hydrogen-bond donors (Lipinski definition) is 2. The monoisotopic (exact) mass is 324 g/mol. The molecule has 0 bridgehead atoms. The number of rotatable bonds is 2. The Kier molecular flexibility index (Phi) is 3.73. The van der Waals surface area contributed by atoms with Crippen LogP contribution in [0.3, 0.4) is 0 Å². The average Bonchev–Trinajstić information content (AvgIpc) is 2.70. The van der Waals surface area contributed by atoms with Crippen LogP contribution in [0, 0.1) is 13.8 Å². The summed E-state index contributed by atoms with van der Waals surface area (Å²) in [7, 11) is 0. The van der Waals surface area contributed by atoms with Gasteiger partial charge in [-0.15, -0.1) is 11.3 Å². The van der Waals surface area contributed by atoms with E-state index in [0.29, 0.717) is 11.3 Å². The van der Waals surface area contributed by atoms with Crippen LogP contribution in [0.15, 0.2) is 27.4 Å². The maximum absolute atomic E-state index is 12.1. The van der Waals surface area contributed by atoms with Crippen molar-refractivity contribution in [1.82, 2.24) is 0 Å². The molecule has 0 fully saturated rings. The molecule has 0 unspecified atom stereocenters. The molecule has 1 aromatic heterocycles. The van der Waals surface area contributed by atoms with Crippen LogP contribution in [0.4, 0.5) is 11.4 Å². The van der Waals surface area contributed by atoms with E-state index in [-0.39, 0.29) is 5.91 Å². The van der Waals surface area contributed by atoms with Crippen molar-refractivity contribution >= 4 is 44.5 Å². The Labute approximate surface area is 118 Å². The van der Waals surface area contributed by atoms with Crippen LogP contribution in [-0.2, 0) is 0 Å². The molecular formula is C13H13BrN2OS. The van der Waals surface area contributed by atoms with Crippen LogP contribution in [0.5, 0.6) is 0 Å². The molecule has 0 aliphatic heterocycles. The van der Waals surface area contributed by atoms with E-state index in [0.717, 1.165) is 20.6 Å². The first-order valence-electron chi connectivity index (χ1n) is 5.39. The van der Waals surface area contributed by atoms with Crippen LogP contribution in [-0.4, -0.2) is 5.91 Å². The lowest BCUT2D eigenvalue weighted by Crippen LogP contribution is -2.13. The number of hydrogen-bond acceptors (Lipinski definition) is 3. The maximum atomic E-state index is 12.1. The molecule has 3 nitrogen and oxygen atoms in total. The van der Waals surface area contributed by atoms with Gasteiger partial charge in [-0.3, -0.25) is 4.79 Å². The standard InChI is InChI=1S/C13H13BrN2OS/c1-7-3-10(15)4-8(2)12(7)16-13(17)9-5-11(14)18-6-9/h3-6H,15H2,1-2H3,(H,16,17). The van der Waals surface area contributed by atoms with Crippen molar-refractivity contribution in [3.8, 4) is 0 Å². The minimum atomic E-state index is -0.104. The van der Waals surface area contributed by atoms with Crippen LogP contribution in [0.25, 0.3) is 0 Å². The number of thiophene rings is 1. The van der Waals surface area contributed by atoms with Crippen molar-refractivity contribution in [3.63, 3.8) is 0 Å². The van der Waals surface area contributed by atoms with Gasteiger partial charge >= 0.3 is 0 Å². The first kappa shape index (κ1) is 13.1. The molecule has 1 heterocycles. The molecule has 0 saturated carbocycles. The van der Waals surface area contributed by atoms with E-state index in [4.69, 9.17) is 5.73 Å². The summed E-state index contributed by atoms with van der Waals surface area (Å²) >= 11 is 4.84. The van der Waals surface area contributed by atoms with Crippen LogP contribution >= 0.6 is 27.3 Å². The first-order valence-corrected chi connectivity index (χ1v) is 7.06. The number of benzene rings is 1. The molecule has 1 amide bonds. The van der Waals surface area contributed by atoms with Gasteiger partial charge in [-0.25, -0.2) is 0 Å². The van der Waals surface area contributed by atoms with Gasteiger partial charge in [0.15, 0.2) is 0 Å². The number of carbonyl (C=O) groups is 1. The summed E-state index contributed by atoms with van der Waals surface area (Å²) < 4.78 is 0.943. The third-order valence-corrected chi connectivity index (χ3v) is 4.13. The fourth-order valence-electron chi connectivity index (χ4n) is 1.81. The zero-order chi connectivity index (χ0) is 13.3. The lowest BCUT2D eigenvalue weighted by atomic mass is 10.1. The number of nitrogens with two attached hydrogens (primary N) is 1. The Balaban J connectivity index is 2.27. The topological polar surface area (TPSA) is 55.1 Å². The number of nitrogens with one attached hydrogen (secondary N) is 1. The molecule has 1 aromatic carbocycles. The highest BCUT2D eigenvalue weighted by Crippen LogP contribution is 2.25. The number of nitrogen functional groups attached to an aromatic ring is 1. The molecule has 0 aliphatic rings. The maximum Gasteiger partial charge on any atom is 0.256 e. The molecule has 94 valence electrons. The highest BCUT2D eigenvalue weighted by Gasteiger charge is 2.11. The summed E-state index contributed by atoms with van der Waals surface area (Å²) in [6, 6.07) is 5.51. The normalized spacial score (nSPS) is 10.4. The fourth-order valence-corrected chi connectivity index (χ4v) is 2.95. The number of carbonyl (C=O) groups excluding carboxylic acids is 1. The third-order valence-electron chi connectivity index (χ3n) is 2.62. The van der Waals surface area contributed by atoms with Gasteiger partial charge < -0.3 is 11.1 Å². The van der Waals surface area contributed by atoms with Gasteiger partial charge in [0.25, 0.3) is 5.91 Å². The minimum absolute atomic E-state index is 0.104. The SMILES string of the molecule is Cc1cc(N)cc(C)c1NC(=O)c1csc(Br)c1. The third kappa shape index (κ3) is 2.73. The van der Waals surface area contributed by atoms with E-state index in [1.807, 2.05) is 37.4 Å². The van der Waals surface area contributed by atoms with E-state index in [1.165, 1.54) is 11.3 Å². The lowest BCUT2D eigenvalue weighted by molar-refractivity contribution is 0.102. The van der Waals surface area contributed by atoms with Gasteiger partial charge in [0.2, 0.25) is 0 Å². The van der Waals surface area contributed by atoms with Crippen LogP contribution in [0.1, 0.15) is 21.5 Å². The quantitative estimate of drug-likeness (QED) is 0.821. The summed E-state index contributed by atoms with van der Waals surface area (Å²) in [5, 5.41) is 4.75. The van der Waals surface area contributed by atoms with Crippen molar-refractivity contribution in [2.75, 3.05) is 11.1 Å². The number of anilines is 2. The first-order chi connectivity index (χ1) is 8.47. The minimum Gasteiger partial charge on any atom is -0.399 e. The zero-order valence-corrected chi connectivity index (χ0v) is 12.5. The molecule has 0 atom stereocenters.